The predicted octanol–water partition coefficient (Wildman–Crippen LogP) is 8.73. The molecule has 1 fully saturated rings. The second kappa shape index (κ2) is 11.4. The van der Waals surface area contributed by atoms with Crippen LogP contribution in [-0.4, -0.2) is 51.2 Å². The lowest BCUT2D eigenvalue weighted by Gasteiger charge is -2.29. The highest BCUT2D eigenvalue weighted by atomic mass is 35.5. The van der Waals surface area contributed by atoms with Crippen molar-refractivity contribution in [1.29, 1.82) is 0 Å². The average Bonchev–Trinajstić information content (AvgIpc) is 3.52. The zero-order valence-electron chi connectivity index (χ0n) is 26.0. The van der Waals surface area contributed by atoms with E-state index in [4.69, 9.17) is 26.4 Å². The zero-order chi connectivity index (χ0) is 30.6. The number of halogens is 1. The Hall–Kier alpha value is -3.10. The molecule has 0 spiro atoms. The smallest absolute Gasteiger partial charge is 0.163 e. The first-order valence-corrected chi connectivity index (χ1v) is 16.1. The van der Waals surface area contributed by atoms with Crippen molar-refractivity contribution >= 4 is 49.8 Å². The van der Waals surface area contributed by atoms with E-state index in [-0.39, 0.29) is 5.78 Å². The minimum atomic E-state index is -0.704. The lowest BCUT2D eigenvalue weighted by molar-refractivity contribution is -0.138. The Balaban J connectivity index is 1.53. The van der Waals surface area contributed by atoms with Crippen molar-refractivity contribution in [2.45, 2.75) is 65.1 Å². The van der Waals surface area contributed by atoms with Crippen molar-refractivity contribution in [3.63, 3.8) is 0 Å². The van der Waals surface area contributed by atoms with Crippen LogP contribution in [0.25, 0.3) is 42.8 Å². The molecule has 3 aromatic carbocycles. The fourth-order valence-corrected chi connectivity index (χ4v) is 7.53. The number of benzene rings is 3. The minimum absolute atomic E-state index is 0.0270. The van der Waals surface area contributed by atoms with Gasteiger partial charge in [0.1, 0.15) is 11.1 Å². The number of carbonyl (C=O) groups is 1. The van der Waals surface area contributed by atoms with Crippen LogP contribution in [0.15, 0.2) is 48.5 Å². The van der Waals surface area contributed by atoms with E-state index in [2.05, 4.69) is 36.2 Å². The summed E-state index contributed by atoms with van der Waals surface area (Å²) in [4.78, 5) is 20.7. The van der Waals surface area contributed by atoms with Gasteiger partial charge in [0.2, 0.25) is 0 Å². The number of likely N-dealkylation sites (tertiary alicyclic amines) is 1. The normalized spacial score (nSPS) is 15.9. The number of thiazole rings is 1. The predicted molar refractivity (Wildman–Crippen MR) is 178 cm³/mol. The first kappa shape index (κ1) is 29.9. The summed E-state index contributed by atoms with van der Waals surface area (Å²) >= 11 is 7.96. The monoisotopic (exact) mass is 614 g/mol. The molecule has 0 aliphatic carbocycles. The number of aryl methyl sites for hydroxylation is 2. The molecule has 0 saturated carbocycles. The Bertz CT molecular complexity index is 1830. The quantitative estimate of drug-likeness (QED) is 0.191. The average molecular weight is 615 g/mol. The standard InChI is InChI=1S/C35H39ClN4O2S/c1-20-18-27-33(30(22-8-11-25(36)12-9-22)29(20)32(21(2)41)42-35(3,4)5)43-34(37-27)24-10-13-28-26(19-24)31(38-40(28)7)23-14-16-39(6)17-15-23/h8-13,18-19,23,32H,14-17H2,1-7H3/t32-/m1/s1. The number of rotatable bonds is 6. The van der Waals surface area contributed by atoms with E-state index in [0.29, 0.717) is 10.9 Å². The van der Waals surface area contributed by atoms with Gasteiger partial charge in [0.25, 0.3) is 0 Å². The molecule has 0 radical (unpaired) electrons. The number of fused-ring (bicyclic) bond motifs is 2. The summed E-state index contributed by atoms with van der Waals surface area (Å²) in [6.07, 6.45) is 1.53. The van der Waals surface area contributed by atoms with E-state index in [1.165, 1.54) is 11.1 Å². The van der Waals surface area contributed by atoms with Crippen LogP contribution in [0, 0.1) is 6.92 Å². The first-order chi connectivity index (χ1) is 20.4. The largest absolute Gasteiger partial charge is 0.360 e. The number of ketones is 1. The third-order valence-electron chi connectivity index (χ3n) is 8.39. The van der Waals surface area contributed by atoms with Gasteiger partial charge in [-0.3, -0.25) is 9.48 Å². The molecule has 8 heteroatoms. The van der Waals surface area contributed by atoms with Crippen LogP contribution >= 0.6 is 22.9 Å². The van der Waals surface area contributed by atoms with Crippen LogP contribution in [0.5, 0.6) is 0 Å². The second-order valence-corrected chi connectivity index (χ2v) is 14.3. The number of carbonyl (C=O) groups excluding carboxylic acids is 1. The summed E-state index contributed by atoms with van der Waals surface area (Å²) in [6, 6.07) is 16.5. The summed E-state index contributed by atoms with van der Waals surface area (Å²) in [5.74, 6) is 0.430. The Kier molecular flexibility index (Phi) is 7.96. The summed E-state index contributed by atoms with van der Waals surface area (Å²) in [5.41, 5.74) is 7.65. The van der Waals surface area contributed by atoms with E-state index >= 15 is 0 Å². The van der Waals surface area contributed by atoms with Gasteiger partial charge in [0, 0.05) is 40.1 Å². The fraction of sp³-hybridized carbons (Fsp3) is 0.400. The van der Waals surface area contributed by atoms with Gasteiger partial charge in [-0.1, -0.05) is 23.7 Å². The van der Waals surface area contributed by atoms with Gasteiger partial charge < -0.3 is 9.64 Å². The second-order valence-electron chi connectivity index (χ2n) is 12.9. The van der Waals surface area contributed by atoms with Crippen molar-refractivity contribution < 1.29 is 9.53 Å². The highest BCUT2D eigenvalue weighted by Crippen LogP contribution is 2.45. The van der Waals surface area contributed by atoms with E-state index in [0.717, 1.165) is 74.5 Å². The summed E-state index contributed by atoms with van der Waals surface area (Å²) < 4.78 is 9.46. The van der Waals surface area contributed by atoms with Crippen LogP contribution < -0.4 is 0 Å². The fourth-order valence-electron chi connectivity index (χ4n) is 6.28. The van der Waals surface area contributed by atoms with Gasteiger partial charge in [-0.25, -0.2) is 4.98 Å². The molecule has 0 bridgehead atoms. The molecule has 1 atom stereocenters. The topological polar surface area (TPSA) is 60.2 Å². The molecule has 0 unspecified atom stereocenters. The molecular weight excluding hydrogens is 576 g/mol. The van der Waals surface area contributed by atoms with Crippen molar-refractivity contribution in [2.75, 3.05) is 20.1 Å². The molecule has 3 heterocycles. The zero-order valence-corrected chi connectivity index (χ0v) is 27.6. The van der Waals surface area contributed by atoms with Crippen LogP contribution in [0.1, 0.15) is 69.4 Å². The molecule has 1 aliphatic rings. The van der Waals surface area contributed by atoms with Crippen molar-refractivity contribution in [2.24, 2.45) is 7.05 Å². The molecule has 224 valence electrons. The Morgan fingerprint density at radius 1 is 1.05 bits per heavy atom. The van der Waals surface area contributed by atoms with Crippen LogP contribution in [0.3, 0.4) is 0 Å². The maximum atomic E-state index is 13.1. The van der Waals surface area contributed by atoms with E-state index in [1.54, 1.807) is 18.3 Å². The number of hydrogen-bond donors (Lipinski definition) is 0. The van der Waals surface area contributed by atoms with E-state index < -0.39 is 11.7 Å². The maximum absolute atomic E-state index is 13.1. The van der Waals surface area contributed by atoms with Crippen LogP contribution in [0.2, 0.25) is 5.02 Å². The molecule has 5 aromatic rings. The molecule has 6 rings (SSSR count). The lowest BCUT2D eigenvalue weighted by atomic mass is 9.90. The summed E-state index contributed by atoms with van der Waals surface area (Å²) in [6.45, 7) is 11.8. The Morgan fingerprint density at radius 2 is 1.72 bits per heavy atom. The van der Waals surface area contributed by atoms with Gasteiger partial charge in [0.05, 0.1) is 27.0 Å². The third kappa shape index (κ3) is 5.88. The van der Waals surface area contributed by atoms with Gasteiger partial charge in [-0.2, -0.15) is 5.10 Å². The molecule has 0 N–H and O–H groups in total. The highest BCUT2D eigenvalue weighted by molar-refractivity contribution is 7.22. The van der Waals surface area contributed by atoms with E-state index in [1.807, 2.05) is 63.7 Å². The molecule has 43 heavy (non-hydrogen) atoms. The first-order valence-electron chi connectivity index (χ1n) is 14.9. The highest BCUT2D eigenvalue weighted by Gasteiger charge is 2.31. The number of piperidine rings is 1. The molecule has 1 aliphatic heterocycles. The number of nitrogens with zero attached hydrogens (tertiary/aromatic N) is 4. The molecular formula is C35H39ClN4O2S. The summed E-state index contributed by atoms with van der Waals surface area (Å²) in [5, 5.41) is 7.80. The summed E-state index contributed by atoms with van der Waals surface area (Å²) in [7, 11) is 4.23. The van der Waals surface area contributed by atoms with Crippen molar-refractivity contribution in [3.05, 3.63) is 70.4 Å². The number of hydrogen-bond acceptors (Lipinski definition) is 6. The van der Waals surface area contributed by atoms with Crippen molar-refractivity contribution in [3.8, 4) is 21.7 Å². The minimum Gasteiger partial charge on any atom is -0.360 e. The Labute approximate surface area is 262 Å². The van der Waals surface area contributed by atoms with Gasteiger partial charge in [-0.15, -0.1) is 11.3 Å². The number of aromatic nitrogens is 3. The number of Topliss-reactive ketones (excluding diaryl/α,β-unsaturated/α-hetero) is 1. The molecule has 1 saturated heterocycles. The number of ether oxygens (including phenoxy) is 1. The van der Waals surface area contributed by atoms with E-state index in [9.17, 15) is 4.79 Å². The van der Waals surface area contributed by atoms with Crippen molar-refractivity contribution in [1.82, 2.24) is 19.7 Å². The Morgan fingerprint density at radius 3 is 2.37 bits per heavy atom. The molecule has 2 aromatic heterocycles. The third-order valence-corrected chi connectivity index (χ3v) is 9.78. The lowest BCUT2D eigenvalue weighted by Crippen LogP contribution is -2.29. The van der Waals surface area contributed by atoms with Crippen LogP contribution in [0.4, 0.5) is 0 Å². The molecule has 6 nitrogen and oxygen atoms in total. The maximum Gasteiger partial charge on any atom is 0.163 e. The van der Waals surface area contributed by atoms with Gasteiger partial charge >= 0.3 is 0 Å². The van der Waals surface area contributed by atoms with Gasteiger partial charge in [-0.05, 0) is 115 Å². The molecule has 0 amide bonds. The van der Waals surface area contributed by atoms with Gasteiger partial charge in [0.15, 0.2) is 5.78 Å². The van der Waals surface area contributed by atoms with Crippen LogP contribution in [-0.2, 0) is 16.6 Å². The SMILES string of the molecule is CC(=O)[C@@H](OC(C)(C)C)c1c(C)cc2nc(-c3ccc4c(c3)c(C3CCN(C)CC3)nn4C)sc2c1-c1ccc(Cl)cc1.